The van der Waals surface area contributed by atoms with Gasteiger partial charge in [-0.25, -0.2) is 0 Å². The van der Waals surface area contributed by atoms with E-state index >= 15 is 0 Å². The molecule has 6 heteroatoms. The number of hydrogen-bond acceptors (Lipinski definition) is 5. The molecule has 0 aliphatic rings. The Labute approximate surface area is 164 Å². The zero-order chi connectivity index (χ0) is 19.5. The number of rotatable bonds is 6. The van der Waals surface area contributed by atoms with Crippen molar-refractivity contribution in [1.82, 2.24) is 19.7 Å². The van der Waals surface area contributed by atoms with Gasteiger partial charge in [-0.1, -0.05) is 36.4 Å². The van der Waals surface area contributed by atoms with Gasteiger partial charge in [0, 0.05) is 19.3 Å². The summed E-state index contributed by atoms with van der Waals surface area (Å²) in [6, 6.07) is 16.7. The normalized spacial score (nSPS) is 11.0. The summed E-state index contributed by atoms with van der Waals surface area (Å²) in [6.07, 6.45) is 2.71. The van der Waals surface area contributed by atoms with Crippen LogP contribution in [0.25, 0.3) is 11.0 Å². The molecule has 4 rings (SSSR count). The second kappa shape index (κ2) is 7.68. The van der Waals surface area contributed by atoms with E-state index in [1.807, 2.05) is 13.1 Å². The molecular formula is C22H24N6. The maximum Gasteiger partial charge on any atom is 0.226 e. The highest BCUT2D eigenvalue weighted by atomic mass is 15.3. The standard InChI is InChI=1S/C22H24N6/c1-15-9-10-18(13-16(15)2)25-20-19-14-24-28(3)21(19)27-22(26-20)23-12-11-17-7-5-4-6-8-17/h4-10,13-14H,11-12H2,1-3H3,(H2,23,25,26,27). The van der Waals surface area contributed by atoms with Crippen molar-refractivity contribution >= 4 is 28.5 Å². The zero-order valence-electron chi connectivity index (χ0n) is 16.4. The minimum Gasteiger partial charge on any atom is -0.354 e. The molecule has 2 aromatic heterocycles. The summed E-state index contributed by atoms with van der Waals surface area (Å²) in [5.41, 5.74) is 5.58. The Hall–Kier alpha value is -3.41. The van der Waals surface area contributed by atoms with Crippen LogP contribution in [0, 0.1) is 13.8 Å². The van der Waals surface area contributed by atoms with Crippen LogP contribution in [0.2, 0.25) is 0 Å². The van der Waals surface area contributed by atoms with Crippen LogP contribution in [-0.4, -0.2) is 26.3 Å². The van der Waals surface area contributed by atoms with Crippen molar-refractivity contribution in [2.75, 3.05) is 17.2 Å². The van der Waals surface area contributed by atoms with E-state index in [0.717, 1.165) is 35.5 Å². The molecule has 0 spiro atoms. The molecule has 0 saturated heterocycles. The molecule has 0 amide bonds. The van der Waals surface area contributed by atoms with Crippen LogP contribution in [0.5, 0.6) is 0 Å². The first-order valence-electron chi connectivity index (χ1n) is 9.42. The lowest BCUT2D eigenvalue weighted by atomic mass is 10.1. The van der Waals surface area contributed by atoms with Gasteiger partial charge in [0.25, 0.3) is 0 Å². The van der Waals surface area contributed by atoms with E-state index in [4.69, 9.17) is 4.98 Å². The number of benzene rings is 2. The van der Waals surface area contributed by atoms with E-state index < -0.39 is 0 Å². The Morgan fingerprint density at radius 2 is 1.79 bits per heavy atom. The van der Waals surface area contributed by atoms with Crippen molar-refractivity contribution in [2.24, 2.45) is 7.05 Å². The summed E-state index contributed by atoms with van der Waals surface area (Å²) in [7, 11) is 1.89. The molecule has 0 fully saturated rings. The van der Waals surface area contributed by atoms with Crippen LogP contribution in [0.3, 0.4) is 0 Å². The minimum atomic E-state index is 0.596. The molecule has 142 valence electrons. The molecule has 0 saturated carbocycles. The van der Waals surface area contributed by atoms with Crippen molar-refractivity contribution in [3.8, 4) is 0 Å². The monoisotopic (exact) mass is 372 g/mol. The van der Waals surface area contributed by atoms with Gasteiger partial charge in [0.2, 0.25) is 5.95 Å². The van der Waals surface area contributed by atoms with Gasteiger partial charge in [-0.3, -0.25) is 4.68 Å². The fourth-order valence-corrected chi connectivity index (χ4v) is 3.12. The fraction of sp³-hybridized carbons (Fsp3) is 0.227. The number of anilines is 3. The van der Waals surface area contributed by atoms with Crippen molar-refractivity contribution in [2.45, 2.75) is 20.3 Å². The summed E-state index contributed by atoms with van der Waals surface area (Å²) in [5.74, 6) is 1.35. The Balaban J connectivity index is 1.59. The maximum absolute atomic E-state index is 4.71. The van der Waals surface area contributed by atoms with Gasteiger partial charge in [0.15, 0.2) is 5.65 Å². The molecule has 0 radical (unpaired) electrons. The van der Waals surface area contributed by atoms with Crippen molar-refractivity contribution in [3.63, 3.8) is 0 Å². The largest absolute Gasteiger partial charge is 0.354 e. The summed E-state index contributed by atoms with van der Waals surface area (Å²) in [5, 5.41) is 12.0. The molecule has 0 aliphatic heterocycles. The predicted molar refractivity (Wildman–Crippen MR) is 114 cm³/mol. The number of aromatic nitrogens is 4. The third-order valence-electron chi connectivity index (χ3n) is 4.90. The molecule has 2 N–H and O–H groups in total. The van der Waals surface area contributed by atoms with E-state index in [1.54, 1.807) is 10.9 Å². The van der Waals surface area contributed by atoms with E-state index in [0.29, 0.717) is 5.95 Å². The molecule has 2 heterocycles. The van der Waals surface area contributed by atoms with Crippen LogP contribution >= 0.6 is 0 Å². The highest BCUT2D eigenvalue weighted by Gasteiger charge is 2.12. The lowest BCUT2D eigenvalue weighted by Gasteiger charge is -2.11. The topological polar surface area (TPSA) is 67.7 Å². The van der Waals surface area contributed by atoms with Gasteiger partial charge < -0.3 is 10.6 Å². The molecule has 6 nitrogen and oxygen atoms in total. The Kier molecular flexibility index (Phi) is 4.93. The first kappa shape index (κ1) is 18.0. The SMILES string of the molecule is Cc1ccc(Nc2nc(NCCc3ccccc3)nc3c2cnn3C)cc1C. The van der Waals surface area contributed by atoms with Crippen molar-refractivity contribution < 1.29 is 0 Å². The second-order valence-corrected chi connectivity index (χ2v) is 6.99. The summed E-state index contributed by atoms with van der Waals surface area (Å²) in [6.45, 7) is 4.98. The third-order valence-corrected chi connectivity index (χ3v) is 4.90. The van der Waals surface area contributed by atoms with Crippen LogP contribution in [0.15, 0.2) is 54.7 Å². The molecular weight excluding hydrogens is 348 g/mol. The van der Waals surface area contributed by atoms with Gasteiger partial charge in [-0.05, 0) is 49.1 Å². The van der Waals surface area contributed by atoms with Gasteiger partial charge in [0.1, 0.15) is 5.82 Å². The third kappa shape index (κ3) is 3.81. The van der Waals surface area contributed by atoms with Crippen molar-refractivity contribution in [3.05, 3.63) is 71.4 Å². The minimum absolute atomic E-state index is 0.596. The van der Waals surface area contributed by atoms with Crippen molar-refractivity contribution in [1.29, 1.82) is 0 Å². The molecule has 0 atom stereocenters. The molecule has 0 bridgehead atoms. The summed E-state index contributed by atoms with van der Waals surface area (Å²) >= 11 is 0. The Morgan fingerprint density at radius 1 is 0.964 bits per heavy atom. The number of hydrogen-bond donors (Lipinski definition) is 2. The first-order valence-corrected chi connectivity index (χ1v) is 9.42. The number of nitrogens with one attached hydrogen (secondary N) is 2. The lowest BCUT2D eigenvalue weighted by molar-refractivity contribution is 0.785. The van der Waals surface area contributed by atoms with Gasteiger partial charge in [-0.2, -0.15) is 15.1 Å². The fourth-order valence-electron chi connectivity index (χ4n) is 3.12. The first-order chi connectivity index (χ1) is 13.6. The summed E-state index contributed by atoms with van der Waals surface area (Å²) < 4.78 is 1.77. The number of aryl methyl sites for hydroxylation is 3. The average Bonchev–Trinajstić information content (AvgIpc) is 3.07. The molecule has 28 heavy (non-hydrogen) atoms. The molecule has 4 aromatic rings. The summed E-state index contributed by atoms with van der Waals surface area (Å²) in [4.78, 5) is 9.34. The van der Waals surface area contributed by atoms with Crippen LogP contribution in [0.4, 0.5) is 17.5 Å². The Bertz CT molecular complexity index is 1100. The van der Waals surface area contributed by atoms with Gasteiger partial charge in [-0.15, -0.1) is 0 Å². The van der Waals surface area contributed by atoms with Crippen LogP contribution in [-0.2, 0) is 13.5 Å². The molecule has 2 aromatic carbocycles. The van der Waals surface area contributed by atoms with E-state index in [-0.39, 0.29) is 0 Å². The highest BCUT2D eigenvalue weighted by Crippen LogP contribution is 2.26. The zero-order valence-corrected chi connectivity index (χ0v) is 16.4. The second-order valence-electron chi connectivity index (χ2n) is 6.99. The highest BCUT2D eigenvalue weighted by molar-refractivity contribution is 5.89. The lowest BCUT2D eigenvalue weighted by Crippen LogP contribution is -2.10. The van der Waals surface area contributed by atoms with E-state index in [9.17, 15) is 0 Å². The molecule has 0 aliphatic carbocycles. The predicted octanol–water partition coefficient (Wildman–Crippen LogP) is 4.38. The van der Waals surface area contributed by atoms with Gasteiger partial charge >= 0.3 is 0 Å². The smallest absolute Gasteiger partial charge is 0.226 e. The van der Waals surface area contributed by atoms with E-state index in [2.05, 4.69) is 77.0 Å². The van der Waals surface area contributed by atoms with Gasteiger partial charge in [0.05, 0.1) is 11.6 Å². The number of nitrogens with zero attached hydrogens (tertiary/aromatic N) is 4. The Morgan fingerprint density at radius 3 is 2.57 bits per heavy atom. The quantitative estimate of drug-likeness (QED) is 0.526. The van der Waals surface area contributed by atoms with Crippen LogP contribution < -0.4 is 10.6 Å². The number of fused-ring (bicyclic) bond motifs is 1. The molecule has 0 unspecified atom stereocenters. The average molecular weight is 372 g/mol. The maximum atomic E-state index is 4.71. The van der Waals surface area contributed by atoms with Crippen LogP contribution in [0.1, 0.15) is 16.7 Å². The van der Waals surface area contributed by atoms with E-state index in [1.165, 1.54) is 16.7 Å².